The Bertz CT molecular complexity index is 1210. The Balaban J connectivity index is 1.67. The van der Waals surface area contributed by atoms with Gasteiger partial charge in [0.05, 0.1) is 20.0 Å². The van der Waals surface area contributed by atoms with E-state index in [-0.39, 0.29) is 38.9 Å². The van der Waals surface area contributed by atoms with Gasteiger partial charge >= 0.3 is 0 Å². The number of amides is 2. The lowest BCUT2D eigenvalue weighted by Gasteiger charge is -2.11. The fourth-order valence-electron chi connectivity index (χ4n) is 2.50. The van der Waals surface area contributed by atoms with Crippen molar-refractivity contribution in [2.45, 2.75) is 5.16 Å². The number of methoxy groups -OCH3 is 2. The number of ether oxygens (including phenoxy) is 2. The Morgan fingerprint density at radius 3 is 2.56 bits per heavy atom. The van der Waals surface area contributed by atoms with Crippen molar-refractivity contribution >= 4 is 52.5 Å². The number of hydrogen-bond donors (Lipinski definition) is 5. The van der Waals surface area contributed by atoms with E-state index in [1.807, 2.05) is 0 Å². The van der Waals surface area contributed by atoms with Crippen LogP contribution in [-0.4, -0.2) is 52.0 Å². The monoisotopic (exact) mass is 479 g/mol. The molecule has 1 aromatic carbocycles. The highest BCUT2D eigenvalue weighted by Crippen LogP contribution is 2.28. The van der Waals surface area contributed by atoms with Crippen LogP contribution in [0.5, 0.6) is 11.5 Å². The SMILES string of the molecule is COc1ccc(C(=O)Nc2c(N)nc(SCC(=O)Nc3cc(Cl)[nH]n3)[nH]c2=O)cc1OC. The summed E-state index contributed by atoms with van der Waals surface area (Å²) >= 11 is 6.63. The van der Waals surface area contributed by atoms with Crippen LogP contribution in [-0.2, 0) is 4.79 Å². The molecule has 2 heterocycles. The van der Waals surface area contributed by atoms with Crippen LogP contribution >= 0.6 is 23.4 Å². The van der Waals surface area contributed by atoms with Crippen LogP contribution in [0.2, 0.25) is 5.15 Å². The largest absolute Gasteiger partial charge is 0.493 e. The van der Waals surface area contributed by atoms with E-state index in [9.17, 15) is 14.4 Å². The van der Waals surface area contributed by atoms with Gasteiger partial charge in [0.1, 0.15) is 10.8 Å². The summed E-state index contributed by atoms with van der Waals surface area (Å²) in [7, 11) is 2.91. The van der Waals surface area contributed by atoms with Crippen molar-refractivity contribution in [3.8, 4) is 11.5 Å². The molecule has 0 spiro atoms. The molecule has 6 N–H and O–H groups in total. The Morgan fingerprint density at radius 1 is 1.19 bits per heavy atom. The first kappa shape index (κ1) is 23.0. The normalized spacial score (nSPS) is 10.5. The number of aromatic amines is 2. The number of thioether (sulfide) groups is 1. The van der Waals surface area contributed by atoms with Gasteiger partial charge < -0.3 is 25.8 Å². The van der Waals surface area contributed by atoms with Crippen LogP contribution < -0.4 is 31.4 Å². The van der Waals surface area contributed by atoms with Crippen molar-refractivity contribution in [3.63, 3.8) is 0 Å². The lowest BCUT2D eigenvalue weighted by Crippen LogP contribution is -2.23. The van der Waals surface area contributed by atoms with Gasteiger partial charge in [-0.05, 0) is 18.2 Å². The van der Waals surface area contributed by atoms with Gasteiger partial charge in [0.25, 0.3) is 11.5 Å². The minimum absolute atomic E-state index is 0.0792. The van der Waals surface area contributed by atoms with Gasteiger partial charge in [0.15, 0.2) is 28.3 Å². The van der Waals surface area contributed by atoms with Crippen LogP contribution in [0.4, 0.5) is 17.3 Å². The minimum atomic E-state index is -0.673. The Kier molecular flexibility index (Phi) is 7.22. The summed E-state index contributed by atoms with van der Waals surface area (Å²) in [6.07, 6.45) is 0. The minimum Gasteiger partial charge on any atom is -0.493 e. The summed E-state index contributed by atoms with van der Waals surface area (Å²) in [6.45, 7) is 0. The first-order valence-corrected chi connectivity index (χ1v) is 10.2. The van der Waals surface area contributed by atoms with Gasteiger partial charge in [0, 0.05) is 11.6 Å². The van der Waals surface area contributed by atoms with Crippen molar-refractivity contribution in [1.82, 2.24) is 20.2 Å². The van der Waals surface area contributed by atoms with Gasteiger partial charge in [-0.15, -0.1) is 0 Å². The predicted molar refractivity (Wildman–Crippen MR) is 120 cm³/mol. The molecular weight excluding hydrogens is 462 g/mol. The number of nitrogen functional groups attached to an aromatic ring is 1. The molecule has 0 radical (unpaired) electrons. The van der Waals surface area contributed by atoms with E-state index in [0.29, 0.717) is 11.5 Å². The quantitative estimate of drug-likeness (QED) is 0.237. The maximum atomic E-state index is 12.5. The number of hydrogen-bond acceptors (Lipinski definition) is 9. The van der Waals surface area contributed by atoms with E-state index < -0.39 is 17.4 Å². The second-order valence-electron chi connectivity index (χ2n) is 6.09. The van der Waals surface area contributed by atoms with Crippen LogP contribution in [0.1, 0.15) is 10.4 Å². The molecule has 2 aromatic heterocycles. The Hall–Kier alpha value is -3.71. The molecule has 3 rings (SSSR count). The summed E-state index contributed by atoms with van der Waals surface area (Å²) in [5.41, 5.74) is 5.18. The number of aromatic nitrogens is 4. The Labute approximate surface area is 190 Å². The third-order valence-corrected chi connectivity index (χ3v) is 5.03. The molecule has 0 bridgehead atoms. The number of nitrogens with zero attached hydrogens (tertiary/aromatic N) is 2. The van der Waals surface area contributed by atoms with Gasteiger partial charge in [-0.25, -0.2) is 4.98 Å². The molecule has 0 fully saturated rings. The standard InChI is InChI=1S/C18H18ClN7O5S/c1-30-9-4-3-8(5-10(9)31-2)16(28)22-14-15(20)23-18(24-17(14)29)32-7-13(27)21-12-6-11(19)25-26-12/h3-6H,7H2,1-2H3,(H,22,28)(H3,20,23,24,29)(H2,21,25,26,27). The molecule has 0 saturated carbocycles. The first-order chi connectivity index (χ1) is 15.3. The molecule has 3 aromatic rings. The molecular formula is C18H18ClN7O5S. The molecule has 0 aliphatic rings. The number of nitrogens with two attached hydrogens (primary N) is 1. The number of anilines is 3. The molecule has 2 amide bonds. The van der Waals surface area contributed by atoms with E-state index in [1.54, 1.807) is 6.07 Å². The molecule has 168 valence electrons. The molecule has 0 aliphatic heterocycles. The fraction of sp³-hybridized carbons (Fsp3) is 0.167. The number of H-pyrrole nitrogens is 2. The number of carbonyl (C=O) groups excluding carboxylic acids is 2. The smallest absolute Gasteiger partial charge is 0.277 e. The molecule has 12 nitrogen and oxygen atoms in total. The van der Waals surface area contributed by atoms with Crippen LogP contribution in [0.3, 0.4) is 0 Å². The van der Waals surface area contributed by atoms with Crippen molar-refractivity contribution in [1.29, 1.82) is 0 Å². The maximum Gasteiger partial charge on any atom is 0.277 e. The number of halogens is 1. The highest BCUT2D eigenvalue weighted by Gasteiger charge is 2.16. The summed E-state index contributed by atoms with van der Waals surface area (Å²) < 4.78 is 10.3. The van der Waals surface area contributed by atoms with E-state index in [2.05, 4.69) is 30.8 Å². The zero-order valence-electron chi connectivity index (χ0n) is 16.8. The van der Waals surface area contributed by atoms with E-state index >= 15 is 0 Å². The van der Waals surface area contributed by atoms with Crippen molar-refractivity contribution < 1.29 is 19.1 Å². The predicted octanol–water partition coefficient (Wildman–Crippen LogP) is 1.73. The van der Waals surface area contributed by atoms with Gasteiger partial charge in [0.2, 0.25) is 5.91 Å². The van der Waals surface area contributed by atoms with Crippen molar-refractivity contribution in [2.75, 3.05) is 36.3 Å². The average molecular weight is 480 g/mol. The van der Waals surface area contributed by atoms with Crippen LogP contribution in [0.25, 0.3) is 0 Å². The van der Waals surface area contributed by atoms with Crippen molar-refractivity contribution in [2.24, 2.45) is 0 Å². The molecule has 0 atom stereocenters. The summed E-state index contributed by atoms with van der Waals surface area (Å²) in [5, 5.41) is 11.6. The fourth-order valence-corrected chi connectivity index (χ4v) is 3.31. The molecule has 14 heteroatoms. The Morgan fingerprint density at radius 2 is 1.94 bits per heavy atom. The third-order valence-electron chi connectivity index (χ3n) is 3.96. The van der Waals surface area contributed by atoms with E-state index in [4.69, 9.17) is 26.8 Å². The molecule has 0 aliphatic carbocycles. The van der Waals surface area contributed by atoms with E-state index in [0.717, 1.165) is 11.8 Å². The molecule has 0 saturated heterocycles. The van der Waals surface area contributed by atoms with Crippen LogP contribution in [0.15, 0.2) is 34.2 Å². The topological polar surface area (TPSA) is 177 Å². The highest BCUT2D eigenvalue weighted by molar-refractivity contribution is 7.99. The number of rotatable bonds is 8. The second kappa shape index (κ2) is 10.1. The number of carbonyl (C=O) groups is 2. The molecule has 0 unspecified atom stereocenters. The van der Waals surface area contributed by atoms with Gasteiger partial charge in [-0.1, -0.05) is 23.4 Å². The summed E-state index contributed by atoms with van der Waals surface area (Å²) in [5.74, 6) is -0.220. The second-order valence-corrected chi connectivity index (χ2v) is 7.46. The highest BCUT2D eigenvalue weighted by atomic mass is 35.5. The van der Waals surface area contributed by atoms with Gasteiger partial charge in [-0.3, -0.25) is 24.5 Å². The number of benzene rings is 1. The molecule has 32 heavy (non-hydrogen) atoms. The maximum absolute atomic E-state index is 12.5. The summed E-state index contributed by atoms with van der Waals surface area (Å²) in [6, 6.07) is 5.96. The van der Waals surface area contributed by atoms with Gasteiger partial charge in [-0.2, -0.15) is 5.10 Å². The van der Waals surface area contributed by atoms with E-state index in [1.165, 1.54) is 32.4 Å². The van der Waals surface area contributed by atoms with Crippen LogP contribution in [0, 0.1) is 0 Å². The lowest BCUT2D eigenvalue weighted by atomic mass is 10.2. The third kappa shape index (κ3) is 5.50. The zero-order valence-corrected chi connectivity index (χ0v) is 18.4. The van der Waals surface area contributed by atoms with Crippen molar-refractivity contribution in [3.05, 3.63) is 45.3 Å². The lowest BCUT2D eigenvalue weighted by molar-refractivity contribution is -0.113. The summed E-state index contributed by atoms with van der Waals surface area (Å²) in [4.78, 5) is 43.4. The average Bonchev–Trinajstić information content (AvgIpc) is 3.18. The first-order valence-electron chi connectivity index (χ1n) is 8.87. The zero-order chi connectivity index (χ0) is 23.3. The number of nitrogens with one attached hydrogen (secondary N) is 4.